The molecule has 0 bridgehead atoms. The molecule has 8 nitrogen and oxygen atoms in total. The number of carbonyl (C=O) groups excluding carboxylic acids is 1. The first-order valence-electron chi connectivity index (χ1n) is 10.7. The van der Waals surface area contributed by atoms with Crippen molar-refractivity contribution in [3.63, 3.8) is 0 Å². The molecule has 0 heterocycles. The van der Waals surface area contributed by atoms with Crippen molar-refractivity contribution in [3.05, 3.63) is 0 Å². The minimum Gasteiger partial charge on any atom is -0.396 e. The number of nitrogens with one attached hydrogen (secondary N) is 1. The maximum Gasteiger partial charge on any atom is 0.280 e. The van der Waals surface area contributed by atoms with Gasteiger partial charge in [-0.2, -0.15) is 29.3 Å². The van der Waals surface area contributed by atoms with Crippen LogP contribution in [0, 0.1) is 0 Å². The molecule has 1 atom stereocenters. The highest BCUT2D eigenvalue weighted by Crippen LogP contribution is 2.24. The molecule has 20 heteroatoms. The van der Waals surface area contributed by atoms with Crippen molar-refractivity contribution in [2.24, 2.45) is 9.98 Å². The summed E-state index contributed by atoms with van der Waals surface area (Å²) in [7, 11) is -1.01. The van der Waals surface area contributed by atoms with E-state index >= 15 is 0 Å². The molecule has 0 rings (SSSR count). The molecular formula is C18H35N3O5S12. The third kappa shape index (κ3) is 34.7. The molecule has 0 saturated carbocycles. The van der Waals surface area contributed by atoms with Gasteiger partial charge in [-0.15, -0.1) is 94.1 Å². The summed E-state index contributed by atoms with van der Waals surface area (Å²) in [6.45, 7) is 0.651. The number of aliphatic hydroxyl groups excluding tert-OH is 1. The molecule has 0 aromatic carbocycles. The van der Waals surface area contributed by atoms with Gasteiger partial charge in [-0.05, 0) is 0 Å². The summed E-state index contributed by atoms with van der Waals surface area (Å²) in [4.78, 5) is 29.6. The predicted octanol–water partition coefficient (Wildman–Crippen LogP) is 6.24. The number of aliphatic hydroxyl groups is 1. The van der Waals surface area contributed by atoms with E-state index in [0.717, 1.165) is 41.3 Å². The van der Waals surface area contributed by atoms with Gasteiger partial charge in [0.2, 0.25) is 6.40 Å². The molecule has 0 aromatic heterocycles. The third-order valence-corrected chi connectivity index (χ3v) is 16.3. The Morgan fingerprint density at radius 1 is 0.868 bits per heavy atom. The van der Waals surface area contributed by atoms with E-state index in [0.29, 0.717) is 35.1 Å². The van der Waals surface area contributed by atoms with Crippen LogP contribution in [0.15, 0.2) is 9.98 Å². The van der Waals surface area contributed by atoms with E-state index < -0.39 is 10.8 Å². The van der Waals surface area contributed by atoms with Crippen LogP contribution in [0.1, 0.15) is 0 Å². The van der Waals surface area contributed by atoms with Crippen LogP contribution >= 0.6 is 130 Å². The van der Waals surface area contributed by atoms with Crippen LogP contribution in [0.2, 0.25) is 0 Å². The van der Waals surface area contributed by atoms with Gasteiger partial charge >= 0.3 is 0 Å². The maximum atomic E-state index is 11.9. The number of nitrogens with zero attached hydrogens (tertiary/aromatic N) is 2. The first-order chi connectivity index (χ1) is 18.7. The zero-order chi connectivity index (χ0) is 27.8. The molecule has 0 radical (unpaired) electrons. The molecule has 0 spiro atoms. The van der Waals surface area contributed by atoms with Crippen molar-refractivity contribution in [1.82, 2.24) is 5.32 Å². The van der Waals surface area contributed by atoms with Crippen molar-refractivity contribution < 1.29 is 23.9 Å². The fourth-order valence-electron chi connectivity index (χ4n) is 1.57. The molecule has 224 valence electrons. The van der Waals surface area contributed by atoms with Crippen molar-refractivity contribution in [2.75, 3.05) is 83.0 Å². The van der Waals surface area contributed by atoms with Gasteiger partial charge in [0.25, 0.3) is 5.24 Å². The summed E-state index contributed by atoms with van der Waals surface area (Å²) in [5.74, 6) is 3.13. The Hall–Kier alpha value is 2.53. The number of amides is 1. The fourth-order valence-corrected chi connectivity index (χ4v) is 13.6. The minimum absolute atomic E-state index is 0.0292. The predicted molar refractivity (Wildman–Crippen MR) is 196 cm³/mol. The normalized spacial score (nSPS) is 12.5. The highest BCUT2D eigenvalue weighted by atomic mass is 32.3. The summed E-state index contributed by atoms with van der Waals surface area (Å²) < 4.78 is 11.5. The number of hydrogen-bond donors (Lipinski definition) is 3. The van der Waals surface area contributed by atoms with Crippen LogP contribution in [-0.4, -0.2) is 110 Å². The molecule has 0 saturated heterocycles. The van der Waals surface area contributed by atoms with Gasteiger partial charge in [-0.3, -0.25) is 14.0 Å². The second-order valence-electron chi connectivity index (χ2n) is 5.81. The summed E-state index contributed by atoms with van der Waals surface area (Å²) in [6, 6.07) is 0. The first kappa shape index (κ1) is 40.5. The molecule has 2 N–H and O–H groups in total. The van der Waals surface area contributed by atoms with E-state index in [4.69, 9.17) is 14.9 Å². The van der Waals surface area contributed by atoms with Crippen LogP contribution in [-0.2, 0) is 20.6 Å². The number of aliphatic imine (C=N–C) groups is 2. The summed E-state index contributed by atoms with van der Waals surface area (Å²) in [5, 5.41) is 18.7. The largest absolute Gasteiger partial charge is 0.396 e. The monoisotopic (exact) mass is 757 g/mol. The topological polar surface area (TPSA) is 110 Å². The van der Waals surface area contributed by atoms with Crippen LogP contribution in [0.3, 0.4) is 0 Å². The highest BCUT2D eigenvalue weighted by molar-refractivity contribution is 8.30. The second kappa shape index (κ2) is 35.7. The summed E-state index contributed by atoms with van der Waals surface area (Å²) in [6.07, 6.45) is 1.32. The number of carbonyl (C=O) groups is 1. The lowest BCUT2D eigenvalue weighted by atomic mass is 10.9. The first-order valence-corrected chi connectivity index (χ1v) is 24.1. The van der Waals surface area contributed by atoms with E-state index in [1.807, 2.05) is 47.0 Å². The van der Waals surface area contributed by atoms with E-state index in [1.165, 1.54) is 23.7 Å². The minimum atomic E-state index is -1.01. The van der Waals surface area contributed by atoms with Crippen LogP contribution in [0.25, 0.3) is 0 Å². The van der Waals surface area contributed by atoms with Gasteiger partial charge in [-0.1, -0.05) is 11.8 Å². The Balaban J connectivity index is 3.24. The second-order valence-corrected chi connectivity index (χ2v) is 20.3. The molecular weight excluding hydrogens is 723 g/mol. The number of rotatable bonds is 29. The number of thioether (sulfide) groups is 10. The third-order valence-electron chi connectivity index (χ3n) is 2.96. The Morgan fingerprint density at radius 2 is 1.53 bits per heavy atom. The van der Waals surface area contributed by atoms with Crippen molar-refractivity contribution >= 4 is 158 Å². The molecule has 0 aliphatic rings. The maximum absolute atomic E-state index is 11.9. The van der Waals surface area contributed by atoms with Crippen LogP contribution in [0.5, 0.6) is 0 Å². The molecule has 0 aromatic rings. The number of hydrogen-bond acceptors (Lipinski definition) is 18. The van der Waals surface area contributed by atoms with Crippen LogP contribution in [0.4, 0.5) is 4.79 Å². The zero-order valence-electron chi connectivity index (χ0n) is 20.7. The highest BCUT2D eigenvalue weighted by Gasteiger charge is 2.02. The molecule has 1 amide bonds. The molecule has 0 aliphatic carbocycles. The van der Waals surface area contributed by atoms with Gasteiger partial charge in [0, 0.05) is 47.1 Å². The Bertz CT molecular complexity index is 613. The Kier molecular flexibility index (Phi) is 38.1. The summed E-state index contributed by atoms with van der Waals surface area (Å²) in [5.41, 5.74) is 1.46. The average molecular weight is 758 g/mol. The van der Waals surface area contributed by atoms with Gasteiger partial charge in [0.1, 0.15) is 6.61 Å². The van der Waals surface area contributed by atoms with Crippen LogP contribution < -0.4 is 5.32 Å². The molecule has 0 fully saturated rings. The van der Waals surface area contributed by atoms with Gasteiger partial charge in [-0.25, -0.2) is 4.99 Å². The lowest BCUT2D eigenvalue weighted by Crippen LogP contribution is -2.17. The Morgan fingerprint density at radius 3 is 2.24 bits per heavy atom. The fraction of sp³-hybridized carbons (Fsp3) is 0.833. The smallest absolute Gasteiger partial charge is 0.280 e. The SMILES string of the molecule is O=C(NCSCSCSCSC/N=C/OOCCSCCO)SCSCSCSCSCS(=O)/C=N\CS. The van der Waals surface area contributed by atoms with Gasteiger partial charge in [0.05, 0.1) is 45.7 Å². The quantitative estimate of drug-likeness (QED) is 0.0152. The van der Waals surface area contributed by atoms with Crippen molar-refractivity contribution in [2.45, 2.75) is 0 Å². The lowest BCUT2D eigenvalue weighted by Gasteiger charge is -2.05. The van der Waals surface area contributed by atoms with Crippen molar-refractivity contribution in [1.29, 1.82) is 0 Å². The molecule has 1 unspecified atom stereocenters. The van der Waals surface area contributed by atoms with E-state index in [2.05, 4.69) is 27.9 Å². The lowest BCUT2D eigenvalue weighted by molar-refractivity contribution is -0.210. The van der Waals surface area contributed by atoms with Crippen molar-refractivity contribution in [3.8, 4) is 0 Å². The van der Waals surface area contributed by atoms with Gasteiger partial charge in [0.15, 0.2) is 0 Å². The van der Waals surface area contributed by atoms with E-state index in [-0.39, 0.29) is 11.8 Å². The van der Waals surface area contributed by atoms with E-state index in [9.17, 15) is 9.00 Å². The Labute approximate surface area is 277 Å². The zero-order valence-corrected chi connectivity index (χ0v) is 30.5. The van der Waals surface area contributed by atoms with E-state index in [1.54, 1.807) is 58.8 Å². The molecule has 38 heavy (non-hydrogen) atoms. The number of thiol groups is 1. The summed E-state index contributed by atoms with van der Waals surface area (Å²) >= 11 is 21.1. The standard InChI is InChI=1S/C18H35N3O5S12/c22-1-3-28-4-2-25-26-5-19-7-29-10-31-12-32-11-30-8-21-18(23)37-16-35-14-33-13-34-15-36-17-38(24)9-20-6-27/h5,9,22,27H,1-4,6-8,10-17H2,(H,21,23)/b19-5+,20-9-. The van der Waals surface area contributed by atoms with Gasteiger partial charge < -0.3 is 15.3 Å². The average Bonchev–Trinajstić information content (AvgIpc) is 2.92. The molecule has 0 aliphatic heterocycles.